The molecule has 0 aromatic heterocycles. The molecule has 2 N–H and O–H groups in total. The van der Waals surface area contributed by atoms with Crippen LogP contribution in [0.5, 0.6) is 0 Å². The van der Waals surface area contributed by atoms with Crippen LogP contribution in [0.2, 0.25) is 0 Å². The maximum Gasteiger partial charge on any atom is 0.303 e. The van der Waals surface area contributed by atoms with Crippen LogP contribution in [0.25, 0.3) is 0 Å². The predicted octanol–water partition coefficient (Wildman–Crippen LogP) is 1.35. The van der Waals surface area contributed by atoms with Gasteiger partial charge in [0.05, 0.1) is 11.2 Å². The highest BCUT2D eigenvalue weighted by molar-refractivity contribution is 7.90. The van der Waals surface area contributed by atoms with Crippen molar-refractivity contribution in [3.63, 3.8) is 0 Å². The van der Waals surface area contributed by atoms with Gasteiger partial charge in [-0.05, 0) is 39.0 Å². The van der Waals surface area contributed by atoms with E-state index in [1.807, 2.05) is 0 Å². The van der Waals surface area contributed by atoms with Gasteiger partial charge in [0.2, 0.25) is 10.0 Å². The molecular weight excluding hydrogens is 242 g/mol. The first kappa shape index (κ1) is 14.4. The molecule has 0 saturated heterocycles. The zero-order valence-electron chi connectivity index (χ0n) is 10.6. The molecule has 0 aliphatic heterocycles. The summed E-state index contributed by atoms with van der Waals surface area (Å²) < 4.78 is 25.4. The molecule has 1 rings (SSSR count). The van der Waals surface area contributed by atoms with Gasteiger partial charge in [-0.25, -0.2) is 13.1 Å². The van der Waals surface area contributed by atoms with E-state index in [4.69, 9.17) is 5.11 Å². The fourth-order valence-electron chi connectivity index (χ4n) is 1.88. The van der Waals surface area contributed by atoms with E-state index < -0.39 is 20.7 Å². The lowest BCUT2D eigenvalue weighted by Gasteiger charge is -2.41. The van der Waals surface area contributed by atoms with Crippen molar-refractivity contribution in [1.29, 1.82) is 0 Å². The van der Waals surface area contributed by atoms with Gasteiger partial charge in [-0.3, -0.25) is 4.79 Å². The Balaban J connectivity index is 2.63. The molecule has 0 heterocycles. The Hall–Kier alpha value is -0.620. The maximum atomic E-state index is 11.9. The molecule has 0 atom stereocenters. The number of rotatable bonds is 5. The molecule has 0 radical (unpaired) electrons. The zero-order chi connectivity index (χ0) is 13.3. The SMILES string of the molecule is CC(C)(C)S(=O)(=O)NCC1(CC(=O)O)CCC1. The molecule has 1 fully saturated rings. The summed E-state index contributed by atoms with van der Waals surface area (Å²) in [6.45, 7) is 5.11. The Morgan fingerprint density at radius 1 is 1.35 bits per heavy atom. The largest absolute Gasteiger partial charge is 0.481 e. The summed E-state index contributed by atoms with van der Waals surface area (Å²) >= 11 is 0. The van der Waals surface area contributed by atoms with E-state index in [2.05, 4.69) is 4.72 Å². The van der Waals surface area contributed by atoms with Gasteiger partial charge in [0.1, 0.15) is 0 Å². The van der Waals surface area contributed by atoms with Crippen LogP contribution in [0.15, 0.2) is 0 Å². The fourth-order valence-corrected chi connectivity index (χ4v) is 2.81. The van der Waals surface area contributed by atoms with Crippen molar-refractivity contribution in [2.75, 3.05) is 6.54 Å². The maximum absolute atomic E-state index is 11.9. The van der Waals surface area contributed by atoms with E-state index in [1.54, 1.807) is 20.8 Å². The van der Waals surface area contributed by atoms with Gasteiger partial charge < -0.3 is 5.11 Å². The predicted molar refractivity (Wildman–Crippen MR) is 65.2 cm³/mol. The van der Waals surface area contributed by atoms with Crippen molar-refractivity contribution in [3.05, 3.63) is 0 Å². The topological polar surface area (TPSA) is 83.5 Å². The third kappa shape index (κ3) is 3.42. The summed E-state index contributed by atoms with van der Waals surface area (Å²) in [5.74, 6) is -0.861. The van der Waals surface area contributed by atoms with Crippen LogP contribution in [-0.4, -0.2) is 30.8 Å². The highest BCUT2D eigenvalue weighted by Crippen LogP contribution is 2.43. The molecule has 17 heavy (non-hydrogen) atoms. The van der Waals surface area contributed by atoms with Crippen molar-refractivity contribution in [2.45, 2.75) is 51.2 Å². The van der Waals surface area contributed by atoms with E-state index in [0.717, 1.165) is 19.3 Å². The van der Waals surface area contributed by atoms with E-state index >= 15 is 0 Å². The molecule has 0 aromatic carbocycles. The zero-order valence-corrected chi connectivity index (χ0v) is 11.4. The second-order valence-corrected chi connectivity index (χ2v) is 8.38. The second kappa shape index (κ2) is 4.57. The average molecular weight is 263 g/mol. The molecule has 0 spiro atoms. The first-order valence-corrected chi connectivity index (χ1v) is 7.27. The van der Waals surface area contributed by atoms with E-state index in [0.29, 0.717) is 0 Å². The molecule has 0 aromatic rings. The molecule has 0 unspecified atom stereocenters. The lowest BCUT2D eigenvalue weighted by atomic mass is 9.67. The molecule has 1 aliphatic rings. The van der Waals surface area contributed by atoms with Crippen LogP contribution in [0.4, 0.5) is 0 Å². The standard InChI is InChI=1S/C11H21NO4S/c1-10(2,3)17(15,16)12-8-11(5-4-6-11)7-9(13)14/h12H,4-8H2,1-3H3,(H,13,14). The highest BCUT2D eigenvalue weighted by Gasteiger charge is 2.41. The quantitative estimate of drug-likeness (QED) is 0.784. The van der Waals surface area contributed by atoms with Crippen molar-refractivity contribution < 1.29 is 18.3 Å². The number of aliphatic carboxylic acids is 1. The molecule has 6 heteroatoms. The molecule has 100 valence electrons. The van der Waals surface area contributed by atoms with E-state index in [9.17, 15) is 13.2 Å². The average Bonchev–Trinajstić information content (AvgIpc) is 2.07. The number of carboxylic acid groups (broad SMARTS) is 1. The number of hydrogen-bond acceptors (Lipinski definition) is 3. The summed E-state index contributed by atoms with van der Waals surface area (Å²) in [7, 11) is -3.39. The van der Waals surface area contributed by atoms with Crippen LogP contribution in [0.3, 0.4) is 0 Å². The first-order valence-electron chi connectivity index (χ1n) is 5.79. The molecule has 0 amide bonds. The number of carbonyl (C=O) groups is 1. The van der Waals surface area contributed by atoms with E-state index in [1.165, 1.54) is 0 Å². The smallest absolute Gasteiger partial charge is 0.303 e. The van der Waals surface area contributed by atoms with Crippen molar-refractivity contribution in [3.8, 4) is 0 Å². The van der Waals surface area contributed by atoms with Crippen LogP contribution >= 0.6 is 0 Å². The van der Waals surface area contributed by atoms with Crippen LogP contribution in [0, 0.1) is 5.41 Å². The normalized spacial score (nSPS) is 19.7. The third-order valence-electron chi connectivity index (χ3n) is 3.38. The van der Waals surface area contributed by atoms with Crippen LogP contribution in [-0.2, 0) is 14.8 Å². The van der Waals surface area contributed by atoms with Gasteiger partial charge in [-0.1, -0.05) is 6.42 Å². The molecular formula is C11H21NO4S. The lowest BCUT2D eigenvalue weighted by molar-refractivity contribution is -0.141. The van der Waals surface area contributed by atoms with Gasteiger partial charge in [0, 0.05) is 6.54 Å². The Morgan fingerprint density at radius 3 is 2.18 bits per heavy atom. The third-order valence-corrected chi connectivity index (χ3v) is 5.52. The monoisotopic (exact) mass is 263 g/mol. The summed E-state index contributed by atoms with van der Waals surface area (Å²) in [4.78, 5) is 10.8. The molecule has 0 bridgehead atoms. The summed E-state index contributed by atoms with van der Waals surface area (Å²) in [6, 6.07) is 0. The number of carboxylic acids is 1. The summed E-state index contributed by atoms with van der Waals surface area (Å²) in [6.07, 6.45) is 2.59. The Kier molecular flexibility index (Phi) is 3.88. The first-order chi connectivity index (χ1) is 7.58. The number of nitrogens with one attached hydrogen (secondary N) is 1. The highest BCUT2D eigenvalue weighted by atomic mass is 32.2. The van der Waals surface area contributed by atoms with Crippen molar-refractivity contribution >= 4 is 16.0 Å². The minimum absolute atomic E-state index is 0.0413. The number of sulfonamides is 1. The van der Waals surface area contributed by atoms with Gasteiger partial charge in [0.25, 0.3) is 0 Å². The lowest BCUT2D eigenvalue weighted by Crippen LogP contribution is -2.47. The van der Waals surface area contributed by atoms with Gasteiger partial charge in [0.15, 0.2) is 0 Å². The summed E-state index contributed by atoms with van der Waals surface area (Å²) in [5, 5.41) is 8.83. The van der Waals surface area contributed by atoms with Gasteiger partial charge in [-0.2, -0.15) is 0 Å². The van der Waals surface area contributed by atoms with Gasteiger partial charge in [-0.15, -0.1) is 0 Å². The molecule has 1 aliphatic carbocycles. The molecule has 1 saturated carbocycles. The minimum atomic E-state index is -3.39. The van der Waals surface area contributed by atoms with Crippen molar-refractivity contribution in [2.24, 2.45) is 5.41 Å². The Labute approximate surface area is 103 Å². The minimum Gasteiger partial charge on any atom is -0.481 e. The van der Waals surface area contributed by atoms with E-state index in [-0.39, 0.29) is 18.4 Å². The van der Waals surface area contributed by atoms with Gasteiger partial charge >= 0.3 is 5.97 Å². The second-order valence-electron chi connectivity index (χ2n) is 5.86. The fraction of sp³-hybridized carbons (Fsp3) is 0.909. The Morgan fingerprint density at radius 2 is 1.88 bits per heavy atom. The van der Waals surface area contributed by atoms with Crippen molar-refractivity contribution in [1.82, 2.24) is 4.72 Å². The van der Waals surface area contributed by atoms with Crippen LogP contribution in [0.1, 0.15) is 46.5 Å². The van der Waals surface area contributed by atoms with Crippen LogP contribution < -0.4 is 4.72 Å². The number of hydrogen-bond donors (Lipinski definition) is 2. The summed E-state index contributed by atoms with van der Waals surface area (Å²) in [5.41, 5.74) is -0.371. The Bertz CT molecular complexity index is 390. The molecule has 5 nitrogen and oxygen atoms in total.